The van der Waals surface area contributed by atoms with Crippen molar-refractivity contribution < 1.29 is 0 Å². The first-order valence-electron chi connectivity index (χ1n) is 5.71. The number of aryl methyl sites for hydroxylation is 3. The summed E-state index contributed by atoms with van der Waals surface area (Å²) in [6.45, 7) is 4.09. The number of hydrogen-bond donors (Lipinski definition) is 1. The van der Waals surface area contributed by atoms with Gasteiger partial charge >= 0.3 is 0 Å². The van der Waals surface area contributed by atoms with Crippen LogP contribution in [0, 0.1) is 13.8 Å². The summed E-state index contributed by atoms with van der Waals surface area (Å²) in [7, 11) is 0. The molecular weight excluding hydrogens is 228 g/mol. The highest BCUT2D eigenvalue weighted by Crippen LogP contribution is 2.19. The SMILES string of the molecule is Cc1cccc(-c2cc(C)nc(CCS)n2)c1. The Morgan fingerprint density at radius 1 is 1.12 bits per heavy atom. The molecule has 0 bridgehead atoms. The summed E-state index contributed by atoms with van der Waals surface area (Å²) in [6, 6.07) is 10.4. The number of hydrogen-bond acceptors (Lipinski definition) is 3. The zero-order valence-corrected chi connectivity index (χ0v) is 11.0. The van der Waals surface area contributed by atoms with E-state index in [0.717, 1.165) is 34.9 Å². The van der Waals surface area contributed by atoms with Crippen LogP contribution in [0.15, 0.2) is 30.3 Å². The number of benzene rings is 1. The molecule has 0 radical (unpaired) electrons. The lowest BCUT2D eigenvalue weighted by molar-refractivity contribution is 0.930. The molecule has 0 unspecified atom stereocenters. The Hall–Kier alpha value is -1.35. The first-order chi connectivity index (χ1) is 8.19. The minimum absolute atomic E-state index is 0.775. The summed E-state index contributed by atoms with van der Waals surface area (Å²) in [5, 5.41) is 0. The molecule has 0 fully saturated rings. The van der Waals surface area contributed by atoms with Gasteiger partial charge in [-0.2, -0.15) is 12.6 Å². The summed E-state index contributed by atoms with van der Waals surface area (Å²) in [6.07, 6.45) is 0.809. The van der Waals surface area contributed by atoms with Gasteiger partial charge < -0.3 is 0 Å². The van der Waals surface area contributed by atoms with E-state index >= 15 is 0 Å². The molecule has 0 aliphatic rings. The molecule has 2 aromatic rings. The molecule has 0 N–H and O–H groups in total. The summed E-state index contributed by atoms with van der Waals surface area (Å²) in [5.74, 6) is 1.65. The average Bonchev–Trinajstić information content (AvgIpc) is 2.28. The van der Waals surface area contributed by atoms with Crippen molar-refractivity contribution in [3.05, 3.63) is 47.4 Å². The molecule has 88 valence electrons. The van der Waals surface area contributed by atoms with Crippen LogP contribution in [-0.4, -0.2) is 15.7 Å². The third kappa shape index (κ3) is 3.07. The average molecular weight is 244 g/mol. The van der Waals surface area contributed by atoms with Gasteiger partial charge in [-0.1, -0.05) is 23.8 Å². The van der Waals surface area contributed by atoms with E-state index in [1.807, 2.05) is 13.0 Å². The first kappa shape index (κ1) is 12.1. The third-order valence-electron chi connectivity index (χ3n) is 2.55. The van der Waals surface area contributed by atoms with Crippen molar-refractivity contribution >= 4 is 12.6 Å². The van der Waals surface area contributed by atoms with Crippen LogP contribution >= 0.6 is 12.6 Å². The van der Waals surface area contributed by atoms with Gasteiger partial charge in [-0.3, -0.25) is 0 Å². The standard InChI is InChI=1S/C14H16N2S/c1-10-4-3-5-12(8-10)13-9-11(2)15-14(16-13)6-7-17/h3-5,8-9,17H,6-7H2,1-2H3. The van der Waals surface area contributed by atoms with E-state index in [0.29, 0.717) is 0 Å². The molecule has 0 amide bonds. The van der Waals surface area contributed by atoms with Gasteiger partial charge in [0, 0.05) is 17.7 Å². The van der Waals surface area contributed by atoms with Crippen molar-refractivity contribution in [3.63, 3.8) is 0 Å². The molecule has 1 aromatic heterocycles. The predicted molar refractivity (Wildman–Crippen MR) is 74.5 cm³/mol. The van der Waals surface area contributed by atoms with Gasteiger partial charge in [0.25, 0.3) is 0 Å². The van der Waals surface area contributed by atoms with Crippen LogP contribution in [-0.2, 0) is 6.42 Å². The Kier molecular flexibility index (Phi) is 3.79. The fourth-order valence-corrected chi connectivity index (χ4v) is 1.99. The molecule has 1 aromatic carbocycles. The fourth-order valence-electron chi connectivity index (χ4n) is 1.79. The van der Waals surface area contributed by atoms with Crippen LogP contribution in [0.3, 0.4) is 0 Å². The maximum atomic E-state index is 4.57. The van der Waals surface area contributed by atoms with E-state index in [2.05, 4.69) is 53.8 Å². The Labute approximate surface area is 108 Å². The van der Waals surface area contributed by atoms with Gasteiger partial charge in [0.2, 0.25) is 0 Å². The largest absolute Gasteiger partial charge is 0.238 e. The van der Waals surface area contributed by atoms with E-state index in [-0.39, 0.29) is 0 Å². The smallest absolute Gasteiger partial charge is 0.130 e. The van der Waals surface area contributed by atoms with Crippen LogP contribution < -0.4 is 0 Å². The van der Waals surface area contributed by atoms with E-state index in [1.54, 1.807) is 0 Å². The molecular formula is C14H16N2S. The van der Waals surface area contributed by atoms with Crippen molar-refractivity contribution in [2.75, 3.05) is 5.75 Å². The van der Waals surface area contributed by atoms with Crippen molar-refractivity contribution in [2.24, 2.45) is 0 Å². The third-order valence-corrected chi connectivity index (χ3v) is 2.77. The van der Waals surface area contributed by atoms with Gasteiger partial charge in [-0.05, 0) is 31.7 Å². The molecule has 0 aliphatic carbocycles. The summed E-state index contributed by atoms with van der Waals surface area (Å²) < 4.78 is 0. The molecule has 0 aliphatic heterocycles. The maximum Gasteiger partial charge on any atom is 0.130 e. The summed E-state index contributed by atoms with van der Waals surface area (Å²) >= 11 is 4.22. The lowest BCUT2D eigenvalue weighted by Crippen LogP contribution is -2.00. The highest BCUT2D eigenvalue weighted by Gasteiger charge is 2.04. The van der Waals surface area contributed by atoms with Gasteiger partial charge in [0.15, 0.2) is 0 Å². The Balaban J connectivity index is 2.44. The highest BCUT2D eigenvalue weighted by molar-refractivity contribution is 7.80. The van der Waals surface area contributed by atoms with Crippen molar-refractivity contribution in [1.82, 2.24) is 9.97 Å². The van der Waals surface area contributed by atoms with E-state index in [4.69, 9.17) is 0 Å². The van der Waals surface area contributed by atoms with Crippen LogP contribution in [0.5, 0.6) is 0 Å². The highest BCUT2D eigenvalue weighted by atomic mass is 32.1. The van der Waals surface area contributed by atoms with Gasteiger partial charge in [0.05, 0.1) is 5.69 Å². The van der Waals surface area contributed by atoms with Crippen molar-refractivity contribution in [2.45, 2.75) is 20.3 Å². The van der Waals surface area contributed by atoms with Crippen LogP contribution in [0.4, 0.5) is 0 Å². The molecule has 1 heterocycles. The first-order valence-corrected chi connectivity index (χ1v) is 6.35. The van der Waals surface area contributed by atoms with E-state index in [9.17, 15) is 0 Å². The van der Waals surface area contributed by atoms with Crippen LogP contribution in [0.25, 0.3) is 11.3 Å². The van der Waals surface area contributed by atoms with E-state index < -0.39 is 0 Å². The molecule has 2 nitrogen and oxygen atoms in total. The molecule has 17 heavy (non-hydrogen) atoms. The zero-order chi connectivity index (χ0) is 12.3. The van der Waals surface area contributed by atoms with Crippen LogP contribution in [0.2, 0.25) is 0 Å². The molecule has 0 saturated heterocycles. The number of rotatable bonds is 3. The van der Waals surface area contributed by atoms with E-state index in [1.165, 1.54) is 5.56 Å². The molecule has 0 atom stereocenters. The second-order valence-electron chi connectivity index (χ2n) is 4.15. The summed E-state index contributed by atoms with van der Waals surface area (Å²) in [4.78, 5) is 8.99. The maximum absolute atomic E-state index is 4.57. The van der Waals surface area contributed by atoms with Gasteiger partial charge in [-0.25, -0.2) is 9.97 Å². The van der Waals surface area contributed by atoms with Crippen molar-refractivity contribution in [3.8, 4) is 11.3 Å². The van der Waals surface area contributed by atoms with Gasteiger partial charge in [-0.15, -0.1) is 0 Å². The second-order valence-corrected chi connectivity index (χ2v) is 4.60. The second kappa shape index (κ2) is 5.32. The molecule has 3 heteroatoms. The Bertz CT molecular complexity index is 523. The number of thiol groups is 1. The zero-order valence-electron chi connectivity index (χ0n) is 10.1. The topological polar surface area (TPSA) is 25.8 Å². The lowest BCUT2D eigenvalue weighted by Gasteiger charge is -2.06. The quantitative estimate of drug-likeness (QED) is 0.839. The minimum Gasteiger partial charge on any atom is -0.238 e. The summed E-state index contributed by atoms with van der Waals surface area (Å²) in [5.41, 5.74) is 4.40. The van der Waals surface area contributed by atoms with Crippen LogP contribution in [0.1, 0.15) is 17.1 Å². The molecule has 0 spiro atoms. The monoisotopic (exact) mass is 244 g/mol. The number of aromatic nitrogens is 2. The normalized spacial score (nSPS) is 10.5. The fraction of sp³-hybridized carbons (Fsp3) is 0.286. The molecule has 0 saturated carbocycles. The molecule has 2 rings (SSSR count). The Morgan fingerprint density at radius 3 is 2.65 bits per heavy atom. The Morgan fingerprint density at radius 2 is 1.94 bits per heavy atom. The predicted octanol–water partition coefficient (Wildman–Crippen LogP) is 3.23. The van der Waals surface area contributed by atoms with Gasteiger partial charge in [0.1, 0.15) is 5.82 Å². The lowest BCUT2D eigenvalue weighted by atomic mass is 10.1. The van der Waals surface area contributed by atoms with Crippen molar-refractivity contribution in [1.29, 1.82) is 0 Å². The number of nitrogens with zero attached hydrogens (tertiary/aromatic N) is 2. The minimum atomic E-state index is 0.775.